The fourth-order valence-corrected chi connectivity index (χ4v) is 19.9. The average molecular weight is 1840 g/mol. The number of carbonyl (C=O) groups is 6. The lowest BCUT2D eigenvalue weighted by Gasteiger charge is -2.42. The number of esters is 1. The van der Waals surface area contributed by atoms with E-state index in [-0.39, 0.29) is 112 Å². The van der Waals surface area contributed by atoms with Crippen molar-refractivity contribution in [3.8, 4) is 33.6 Å². The number of unbranched alkanes of at least 4 members (excludes halogenated alkanes) is 1. The number of sulfonamides is 1. The molecular weight excluding hydrogens is 1720 g/mol. The van der Waals surface area contributed by atoms with Gasteiger partial charge in [-0.3, -0.25) is 24.0 Å². The van der Waals surface area contributed by atoms with Gasteiger partial charge in [0.15, 0.2) is 17.0 Å². The highest BCUT2D eigenvalue weighted by molar-refractivity contribution is 7.89. The molecule has 1 aliphatic carbocycles. The Morgan fingerprint density at radius 2 is 1.56 bits per heavy atom. The van der Waals surface area contributed by atoms with Crippen LogP contribution >= 0.6 is 0 Å². The number of rotatable bonds is 29. The molecule has 132 heavy (non-hydrogen) atoms. The summed E-state index contributed by atoms with van der Waals surface area (Å²) in [6.45, 7) is 16.5. The number of aryl methyl sites for hydroxylation is 2. The number of nitrogen functional groups attached to an aromatic ring is 2. The summed E-state index contributed by atoms with van der Waals surface area (Å²) in [5, 5.41) is 49.9. The predicted octanol–water partition coefficient (Wildman–Crippen LogP) is 9.19. The second-order valence-electron chi connectivity index (χ2n) is 35.7. The van der Waals surface area contributed by atoms with E-state index in [1.54, 1.807) is 81.3 Å². The van der Waals surface area contributed by atoms with Crippen molar-refractivity contribution in [2.45, 2.75) is 219 Å². The van der Waals surface area contributed by atoms with Crippen LogP contribution in [0.5, 0.6) is 0 Å². The van der Waals surface area contributed by atoms with Gasteiger partial charge >= 0.3 is 5.97 Å². The molecule has 38 heteroatoms. The van der Waals surface area contributed by atoms with Crippen LogP contribution in [0.4, 0.5) is 17.8 Å². The van der Waals surface area contributed by atoms with E-state index in [1.807, 2.05) is 104 Å². The van der Waals surface area contributed by atoms with Crippen molar-refractivity contribution < 1.29 is 85.0 Å². The smallest absolute Gasteiger partial charge is 0.329 e. The Hall–Kier alpha value is -10.8. The summed E-state index contributed by atoms with van der Waals surface area (Å²) < 4.78 is 81.7. The monoisotopic (exact) mass is 1840 g/mol. The van der Waals surface area contributed by atoms with E-state index < -0.39 is 93.7 Å². The standard InChI is InChI=1S/C94H127N19O18S/c1-58-19-12-11-13-20-59(2)78(124-8)51-71-27-24-64(7)94(121,131-71)87(118)90(119)111-33-16-14-23-74(111)91(120)129-79(52-76(114)60(3)46-63(6)85(117)86(126-10)84(116)62(5)45-58)61(4)47-65-25-28-73(80(48-65)125-9)113-75(55-102-106-113)67-22-18-21-66(49-67)69-53-98-93(99-54-69)108-35-37-110(38-36-108)132(122,123)44-31-70-56-109(107-104-70)39-41-128-43-42-127-40-30-81(115)97-32-15-17-34-112-89-82(88(95)100-57-101-89)83(105-112)68-26-29-77-72(50-68)103-92(96)130-77/h11-13,18-22,26,29,46,49-50,53-58,60-62,64-65,71,73-74,78-80,85-86,117,121H,14-17,23-25,27-28,30-45,47-48,51-52H2,1-10H3,(H2,96,103)(H,97,115)(H2,95,100,101)/b13-11+,19-12+,59-20+,63-46+/t58-,60-,61-,62-,64-,65+,71+,73+,74+,78+,79?,80-,85-,86+,94-/m1/s1. The van der Waals surface area contributed by atoms with Gasteiger partial charge in [0.2, 0.25) is 27.7 Å². The molecule has 37 nitrogen and oxygen atoms in total. The van der Waals surface area contributed by atoms with Gasteiger partial charge in [-0.2, -0.15) is 14.4 Å². The maximum atomic E-state index is 15.0. The first-order valence-corrected chi connectivity index (χ1v) is 47.6. The van der Waals surface area contributed by atoms with E-state index in [0.717, 1.165) is 33.5 Å². The minimum Gasteiger partial charge on any atom is -0.460 e. The Labute approximate surface area is 769 Å². The number of nitrogens with two attached hydrogens (primary N) is 2. The Balaban J connectivity index is 0.561. The number of methoxy groups -OCH3 is 3. The normalized spacial score (nSPS) is 26.9. The maximum absolute atomic E-state index is 15.0. The number of nitrogens with zero attached hydrogens (tertiary/aromatic N) is 16. The van der Waals surface area contributed by atoms with Crippen LogP contribution in [0.2, 0.25) is 0 Å². The van der Waals surface area contributed by atoms with Gasteiger partial charge in [-0.15, -0.1) is 10.2 Å². The van der Waals surface area contributed by atoms with Crippen LogP contribution in [0.1, 0.15) is 157 Å². The molecule has 2 aromatic carbocycles. The zero-order valence-corrected chi connectivity index (χ0v) is 77.9. The highest BCUT2D eigenvalue weighted by Gasteiger charge is 2.53. The molecule has 1 unspecified atom stereocenters. The molecule has 5 aliphatic rings. The second-order valence-corrected chi connectivity index (χ2v) is 37.8. The lowest BCUT2D eigenvalue weighted by molar-refractivity contribution is -0.265. The van der Waals surface area contributed by atoms with Crippen molar-refractivity contribution in [1.29, 1.82) is 0 Å². The summed E-state index contributed by atoms with van der Waals surface area (Å²) in [6.07, 6.45) is 21.2. The third kappa shape index (κ3) is 24.6. The number of hydrogen-bond donors (Lipinski definition) is 5. The highest BCUT2D eigenvalue weighted by atomic mass is 32.2. The van der Waals surface area contributed by atoms with E-state index in [4.69, 9.17) is 64.1 Å². The van der Waals surface area contributed by atoms with E-state index in [2.05, 4.69) is 40.9 Å². The van der Waals surface area contributed by atoms with E-state index in [0.29, 0.717) is 174 Å². The number of amides is 2. The van der Waals surface area contributed by atoms with Crippen LogP contribution in [0, 0.1) is 35.5 Å². The van der Waals surface area contributed by atoms with Crippen LogP contribution in [0.25, 0.3) is 55.8 Å². The number of nitrogens with one attached hydrogen (secondary N) is 1. The Morgan fingerprint density at radius 1 is 0.780 bits per heavy atom. The molecule has 4 aliphatic heterocycles. The van der Waals surface area contributed by atoms with E-state index in [9.17, 15) is 47.4 Å². The number of anilines is 3. The number of ketones is 3. The number of aromatic nitrogens is 13. The fourth-order valence-electron chi connectivity index (χ4n) is 18.5. The number of aliphatic hydroxyl groups is 2. The number of piperidine rings is 1. The van der Waals surface area contributed by atoms with Crippen LogP contribution in [-0.4, -0.2) is 269 Å². The molecule has 2 amide bonds. The third-order valence-corrected chi connectivity index (χ3v) is 28.2. The number of benzene rings is 2. The third-order valence-electron chi connectivity index (χ3n) is 26.3. The molecule has 6 aromatic heterocycles. The zero-order valence-electron chi connectivity index (χ0n) is 77.1. The number of aliphatic hydroxyl groups excluding tert-OH is 1. The summed E-state index contributed by atoms with van der Waals surface area (Å²) in [5.41, 5.74) is 20.1. The van der Waals surface area contributed by atoms with Gasteiger partial charge in [-0.05, 0) is 150 Å². The molecule has 1 saturated carbocycles. The number of Topliss-reactive ketones (excluding diaryl/α,β-unsaturated/α-hetero) is 3. The zero-order chi connectivity index (χ0) is 93.9. The first-order valence-electron chi connectivity index (χ1n) is 46.0. The molecule has 15 atom stereocenters. The molecule has 3 saturated heterocycles. The van der Waals surface area contributed by atoms with Crippen molar-refractivity contribution in [2.75, 3.05) is 109 Å². The number of allylic oxidation sites excluding steroid dienone is 6. The lowest BCUT2D eigenvalue weighted by atomic mass is 9.77. The molecule has 8 aromatic rings. The van der Waals surface area contributed by atoms with Crippen molar-refractivity contribution in [2.24, 2.45) is 35.5 Å². The number of hydrogen-bond acceptors (Lipinski definition) is 31. The second kappa shape index (κ2) is 45.7. The van der Waals surface area contributed by atoms with Crippen molar-refractivity contribution in [3.63, 3.8) is 0 Å². The van der Waals surface area contributed by atoms with Crippen molar-refractivity contribution in [1.82, 2.24) is 79.2 Å². The number of fused-ring (bicyclic) bond motifs is 5. The summed E-state index contributed by atoms with van der Waals surface area (Å²) in [4.78, 5) is 111. The number of ether oxygens (including phenoxy) is 7. The van der Waals surface area contributed by atoms with E-state index >= 15 is 0 Å². The van der Waals surface area contributed by atoms with Gasteiger partial charge in [0.05, 0.1) is 86.0 Å². The molecule has 2 bridgehead atoms. The first kappa shape index (κ1) is 98.7. The Kier molecular flexibility index (Phi) is 34.2. The Bertz CT molecular complexity index is 5530. The number of cyclic esters (lactones) is 1. The first-order chi connectivity index (χ1) is 63.5. The lowest BCUT2D eigenvalue weighted by Crippen LogP contribution is -2.61. The summed E-state index contributed by atoms with van der Waals surface area (Å²) in [5.74, 6) is -8.09. The topological polar surface area (TPSA) is 472 Å². The molecule has 0 radical (unpaired) electrons. The quantitative estimate of drug-likeness (QED) is 0.0126. The SMILES string of the molecule is CO[C@H]1C[C@@H]2CC[C@@H](C)[C@@](O)(O2)C(=O)C(=O)N2CCCC[C@H]2C(=O)OC([C@H](C)C[C@@H]2CC[C@H](n3nncc3-c3cccc(-c4cnc(N5CCN(S(=O)(=O)CCc6cn(CCOCCOCCC(=O)NCCCCn7nc(-c8ccc9oc(N)nc9c8)c8c(N)ncnc87)nn6)CC5)nc4)c3)[C@H](OC)C2)CC(=O)[C@H](C)/C=C(\C)[C@@H](O)[C@@H](OC)C(=O)[C@H](C)C[C@H](C)/C=C/C=C/C=C/1C. The molecular formula is C94H127N19O18S. The van der Waals surface area contributed by atoms with Gasteiger partial charge in [-0.1, -0.05) is 99.7 Å². The van der Waals surface area contributed by atoms with Gasteiger partial charge in [-0.25, -0.2) is 47.2 Å². The van der Waals surface area contributed by atoms with Crippen molar-refractivity contribution >= 4 is 85.1 Å². The van der Waals surface area contributed by atoms with Crippen molar-refractivity contribution in [3.05, 3.63) is 127 Å². The van der Waals surface area contributed by atoms with Crippen LogP contribution in [0.15, 0.2) is 126 Å². The number of oxazole rings is 1. The minimum absolute atomic E-state index is 0.0112. The molecule has 0 spiro atoms. The van der Waals surface area contributed by atoms with Gasteiger partial charge in [0.1, 0.15) is 53.5 Å². The maximum Gasteiger partial charge on any atom is 0.329 e. The summed E-state index contributed by atoms with van der Waals surface area (Å²) in [7, 11) is 0.962. The van der Waals surface area contributed by atoms with Gasteiger partial charge in [0, 0.05) is 146 Å². The number of carbonyl (C=O) groups excluding carboxylic acids is 6. The average Bonchev–Trinajstić information content (AvgIpc) is 1.53. The van der Waals surface area contributed by atoms with Crippen LogP contribution in [-0.2, 0) is 91.5 Å². The summed E-state index contributed by atoms with van der Waals surface area (Å²) in [6, 6.07) is 12.0. The Morgan fingerprint density at radius 3 is 2.33 bits per heavy atom. The highest BCUT2D eigenvalue weighted by Crippen LogP contribution is 2.43. The van der Waals surface area contributed by atoms with Crippen LogP contribution < -0.4 is 21.7 Å². The van der Waals surface area contributed by atoms with Gasteiger partial charge < -0.3 is 74.4 Å². The molecule has 4 fully saturated rings. The molecule has 7 N–H and O–H groups in total. The van der Waals surface area contributed by atoms with Gasteiger partial charge in [0.25, 0.3) is 17.7 Å². The van der Waals surface area contributed by atoms with Crippen LogP contribution in [0.3, 0.4) is 0 Å². The predicted molar refractivity (Wildman–Crippen MR) is 492 cm³/mol. The molecule has 712 valence electrons. The van der Waals surface area contributed by atoms with E-state index in [1.165, 1.54) is 22.6 Å². The minimum atomic E-state index is -3.65. The molecule has 13 rings (SSSR count). The number of piperazine rings is 1. The summed E-state index contributed by atoms with van der Waals surface area (Å²) >= 11 is 0. The molecule has 10 heterocycles. The fraction of sp³-hybridized carbons (Fsp3) is 0.574. The largest absolute Gasteiger partial charge is 0.460 e.